The molecule has 0 aromatic heterocycles. The monoisotopic (exact) mass is 534 g/mol. The first-order valence-corrected chi connectivity index (χ1v) is 13.8. The Labute approximate surface area is 228 Å². The van der Waals surface area contributed by atoms with E-state index in [9.17, 15) is 4.79 Å². The molecule has 0 N–H and O–H groups in total. The SMILES string of the molecule is CC(C)(C)C(=O)O[C@@H]1[C@@H](OCc2ccccc2)[C@@H]2OC(c3ccccc3)OC[C@H]2O[C@H]1Sc1ccccc1. The van der Waals surface area contributed by atoms with Crippen LogP contribution in [0.15, 0.2) is 95.9 Å². The minimum Gasteiger partial charge on any atom is -0.455 e. The Bertz CT molecular complexity index is 1170. The molecule has 6 nitrogen and oxygen atoms in total. The molecule has 0 saturated carbocycles. The molecule has 3 aromatic rings. The molecule has 200 valence electrons. The second-order valence-electron chi connectivity index (χ2n) is 10.5. The van der Waals surface area contributed by atoms with Crippen LogP contribution < -0.4 is 0 Å². The molecule has 6 atom stereocenters. The Morgan fingerprint density at radius 3 is 2.16 bits per heavy atom. The van der Waals surface area contributed by atoms with Crippen molar-refractivity contribution >= 4 is 17.7 Å². The predicted octanol–water partition coefficient (Wildman–Crippen LogP) is 6.16. The van der Waals surface area contributed by atoms with Crippen molar-refractivity contribution in [1.29, 1.82) is 0 Å². The molecule has 0 radical (unpaired) electrons. The topological polar surface area (TPSA) is 63.2 Å². The lowest BCUT2D eigenvalue weighted by atomic mass is 9.95. The molecule has 3 aromatic carbocycles. The van der Waals surface area contributed by atoms with Crippen molar-refractivity contribution in [2.45, 2.75) is 68.4 Å². The van der Waals surface area contributed by atoms with E-state index in [2.05, 4.69) is 0 Å². The van der Waals surface area contributed by atoms with Gasteiger partial charge in [0.1, 0.15) is 23.7 Å². The lowest BCUT2D eigenvalue weighted by Gasteiger charge is -2.49. The van der Waals surface area contributed by atoms with Crippen molar-refractivity contribution in [2.75, 3.05) is 6.61 Å². The number of ether oxygens (including phenoxy) is 5. The number of benzene rings is 3. The van der Waals surface area contributed by atoms with Crippen LogP contribution in [-0.4, -0.2) is 42.4 Å². The number of rotatable bonds is 7. The Balaban J connectivity index is 1.47. The zero-order valence-electron chi connectivity index (χ0n) is 21.9. The Morgan fingerprint density at radius 1 is 0.868 bits per heavy atom. The van der Waals surface area contributed by atoms with Crippen LogP contribution in [0.25, 0.3) is 0 Å². The van der Waals surface area contributed by atoms with Crippen molar-refractivity contribution < 1.29 is 28.5 Å². The number of carbonyl (C=O) groups excluding carboxylic acids is 1. The van der Waals surface area contributed by atoms with Gasteiger partial charge in [-0.1, -0.05) is 90.6 Å². The smallest absolute Gasteiger partial charge is 0.311 e. The van der Waals surface area contributed by atoms with Gasteiger partial charge in [-0.05, 0) is 38.5 Å². The van der Waals surface area contributed by atoms with Gasteiger partial charge in [-0.15, -0.1) is 0 Å². The zero-order chi connectivity index (χ0) is 26.5. The van der Waals surface area contributed by atoms with E-state index >= 15 is 0 Å². The highest BCUT2D eigenvalue weighted by Crippen LogP contribution is 2.42. The van der Waals surface area contributed by atoms with Crippen molar-refractivity contribution in [3.63, 3.8) is 0 Å². The van der Waals surface area contributed by atoms with Gasteiger partial charge < -0.3 is 23.7 Å². The summed E-state index contributed by atoms with van der Waals surface area (Å²) in [5.74, 6) is -0.316. The number of fused-ring (bicyclic) bond motifs is 1. The molecule has 2 aliphatic heterocycles. The largest absolute Gasteiger partial charge is 0.455 e. The lowest BCUT2D eigenvalue weighted by molar-refractivity contribution is -0.326. The van der Waals surface area contributed by atoms with Crippen LogP contribution in [0.5, 0.6) is 0 Å². The third-order valence-electron chi connectivity index (χ3n) is 6.49. The van der Waals surface area contributed by atoms with Gasteiger partial charge in [-0.3, -0.25) is 4.79 Å². The van der Waals surface area contributed by atoms with Crippen LogP contribution in [-0.2, 0) is 35.1 Å². The van der Waals surface area contributed by atoms with Crippen molar-refractivity contribution in [3.05, 3.63) is 102 Å². The quantitative estimate of drug-likeness (QED) is 0.336. The predicted molar refractivity (Wildman–Crippen MR) is 145 cm³/mol. The Hall–Kier alpha value is -2.68. The molecule has 2 heterocycles. The molecule has 7 heteroatoms. The molecule has 0 bridgehead atoms. The summed E-state index contributed by atoms with van der Waals surface area (Å²) in [6, 6.07) is 29.7. The molecule has 2 saturated heterocycles. The number of carbonyl (C=O) groups is 1. The van der Waals surface area contributed by atoms with Crippen LogP contribution in [0, 0.1) is 5.41 Å². The van der Waals surface area contributed by atoms with Crippen LogP contribution in [0.2, 0.25) is 0 Å². The van der Waals surface area contributed by atoms with Gasteiger partial charge in [0.2, 0.25) is 0 Å². The maximum absolute atomic E-state index is 13.2. The number of esters is 1. The van der Waals surface area contributed by atoms with Gasteiger partial charge >= 0.3 is 5.97 Å². The third-order valence-corrected chi connectivity index (χ3v) is 7.65. The van der Waals surface area contributed by atoms with Gasteiger partial charge in [0.15, 0.2) is 12.4 Å². The summed E-state index contributed by atoms with van der Waals surface area (Å²) in [5.41, 5.74) is 0.740. The van der Waals surface area contributed by atoms with Crippen molar-refractivity contribution in [1.82, 2.24) is 0 Å². The molecule has 0 amide bonds. The van der Waals surface area contributed by atoms with E-state index in [0.29, 0.717) is 13.2 Å². The summed E-state index contributed by atoms with van der Waals surface area (Å²) in [6.07, 6.45) is -2.73. The normalized spacial score (nSPS) is 27.3. The van der Waals surface area contributed by atoms with Crippen LogP contribution in [0.3, 0.4) is 0 Å². The summed E-state index contributed by atoms with van der Waals surface area (Å²) in [7, 11) is 0. The summed E-state index contributed by atoms with van der Waals surface area (Å²) in [4.78, 5) is 14.2. The van der Waals surface area contributed by atoms with E-state index in [1.807, 2.05) is 112 Å². The fraction of sp³-hybridized carbons (Fsp3) is 0.387. The Morgan fingerprint density at radius 2 is 1.50 bits per heavy atom. The fourth-order valence-corrected chi connectivity index (χ4v) is 5.56. The average molecular weight is 535 g/mol. The first kappa shape index (κ1) is 26.9. The second kappa shape index (κ2) is 12.0. The molecule has 2 fully saturated rings. The summed E-state index contributed by atoms with van der Waals surface area (Å²) in [5, 5.41) is 0. The van der Waals surface area contributed by atoms with Gasteiger partial charge in [0.05, 0.1) is 18.6 Å². The standard InChI is InChI=1S/C31H34O6S/c1-31(2,3)30(32)37-27-26(33-19-21-13-7-4-8-14-21)25-24(35-29(27)38-23-17-11-6-12-18-23)20-34-28(36-25)22-15-9-5-10-16-22/h4-18,24-29H,19-20H2,1-3H3/t24-,25-,26+,27-,28?,29+/m1/s1. The molecule has 38 heavy (non-hydrogen) atoms. The fourth-order valence-electron chi connectivity index (χ4n) is 4.44. The summed E-state index contributed by atoms with van der Waals surface area (Å²) in [6.45, 7) is 6.22. The molecule has 1 unspecified atom stereocenters. The molecule has 2 aliphatic rings. The highest BCUT2D eigenvalue weighted by molar-refractivity contribution is 7.99. The van der Waals surface area contributed by atoms with E-state index in [1.54, 1.807) is 0 Å². The first-order valence-electron chi connectivity index (χ1n) is 12.9. The summed E-state index contributed by atoms with van der Waals surface area (Å²) < 4.78 is 31.9. The first-order chi connectivity index (χ1) is 18.4. The molecular weight excluding hydrogens is 500 g/mol. The highest BCUT2D eigenvalue weighted by Gasteiger charge is 2.53. The maximum atomic E-state index is 13.2. The van der Waals surface area contributed by atoms with E-state index < -0.39 is 35.5 Å². The van der Waals surface area contributed by atoms with Gasteiger partial charge in [-0.25, -0.2) is 0 Å². The molecule has 0 aliphatic carbocycles. The minimum atomic E-state index is -0.702. The minimum absolute atomic E-state index is 0.316. The zero-order valence-corrected chi connectivity index (χ0v) is 22.7. The third kappa shape index (κ3) is 6.47. The number of hydrogen-bond acceptors (Lipinski definition) is 7. The molecular formula is C31H34O6S. The molecule has 5 rings (SSSR count). The van der Waals surface area contributed by atoms with E-state index in [4.69, 9.17) is 23.7 Å². The average Bonchev–Trinajstić information content (AvgIpc) is 2.93. The van der Waals surface area contributed by atoms with E-state index in [-0.39, 0.29) is 12.1 Å². The van der Waals surface area contributed by atoms with Crippen LogP contribution in [0.1, 0.15) is 38.2 Å². The lowest BCUT2D eigenvalue weighted by Crippen LogP contribution is -2.63. The Kier molecular flexibility index (Phi) is 8.51. The molecule has 0 spiro atoms. The second-order valence-corrected chi connectivity index (χ2v) is 11.7. The number of thioether (sulfide) groups is 1. The van der Waals surface area contributed by atoms with Gasteiger partial charge in [-0.2, -0.15) is 0 Å². The van der Waals surface area contributed by atoms with E-state index in [0.717, 1.165) is 16.0 Å². The van der Waals surface area contributed by atoms with Crippen molar-refractivity contribution in [2.24, 2.45) is 5.41 Å². The van der Waals surface area contributed by atoms with E-state index in [1.165, 1.54) is 11.8 Å². The highest BCUT2D eigenvalue weighted by atomic mass is 32.2. The van der Waals surface area contributed by atoms with Gasteiger partial charge in [0.25, 0.3) is 0 Å². The number of hydrogen-bond donors (Lipinski definition) is 0. The van der Waals surface area contributed by atoms with Crippen LogP contribution >= 0.6 is 11.8 Å². The van der Waals surface area contributed by atoms with Crippen molar-refractivity contribution in [3.8, 4) is 0 Å². The summed E-state index contributed by atoms with van der Waals surface area (Å²) >= 11 is 1.51. The van der Waals surface area contributed by atoms with Crippen LogP contribution in [0.4, 0.5) is 0 Å². The maximum Gasteiger partial charge on any atom is 0.311 e. The van der Waals surface area contributed by atoms with Gasteiger partial charge in [0, 0.05) is 10.5 Å².